The van der Waals surface area contributed by atoms with Crippen molar-refractivity contribution in [2.45, 2.75) is 6.92 Å². The Morgan fingerprint density at radius 1 is 1.38 bits per heavy atom. The zero-order valence-corrected chi connectivity index (χ0v) is 13.7. The first kappa shape index (κ1) is 16.1. The number of rotatable bonds is 3. The molecule has 3 rings (SSSR count). The van der Waals surface area contributed by atoms with Crippen LogP contribution in [0.15, 0.2) is 28.8 Å². The highest BCUT2D eigenvalue weighted by Gasteiger charge is 2.19. The summed E-state index contributed by atoms with van der Waals surface area (Å²) >= 11 is 6.28. The summed E-state index contributed by atoms with van der Waals surface area (Å²) in [6, 6.07) is 6.29. The van der Waals surface area contributed by atoms with Gasteiger partial charge in [-0.3, -0.25) is 10.1 Å². The standard InChI is InChI=1S/C15H16ClN5O3/c1-9-6-13(20-24-9)19-15(23)18-10-2-3-12(11(16)7-10)21-5-4-17-14(22)8-21/h2-3,6-7H,4-5,8H2,1H3,(H,17,22)(H2,18,19,20,23). The number of piperazine rings is 1. The van der Waals surface area contributed by atoms with Crippen molar-refractivity contribution in [1.82, 2.24) is 10.5 Å². The normalized spacial score (nSPS) is 14.2. The van der Waals surface area contributed by atoms with Gasteiger partial charge < -0.3 is 20.1 Å². The number of aryl methyl sites for hydroxylation is 1. The van der Waals surface area contributed by atoms with Crippen molar-refractivity contribution < 1.29 is 14.1 Å². The van der Waals surface area contributed by atoms with E-state index >= 15 is 0 Å². The van der Waals surface area contributed by atoms with Crippen LogP contribution in [0.25, 0.3) is 0 Å². The van der Waals surface area contributed by atoms with Gasteiger partial charge in [0.25, 0.3) is 0 Å². The second-order valence-electron chi connectivity index (χ2n) is 5.34. The fraction of sp³-hybridized carbons (Fsp3) is 0.267. The maximum Gasteiger partial charge on any atom is 0.324 e. The van der Waals surface area contributed by atoms with Gasteiger partial charge in [0, 0.05) is 24.8 Å². The Morgan fingerprint density at radius 2 is 2.21 bits per heavy atom. The average molecular weight is 350 g/mol. The fourth-order valence-corrected chi connectivity index (χ4v) is 2.69. The number of nitrogens with one attached hydrogen (secondary N) is 3. The summed E-state index contributed by atoms with van der Waals surface area (Å²) in [5, 5.41) is 12.1. The smallest absolute Gasteiger partial charge is 0.324 e. The summed E-state index contributed by atoms with van der Waals surface area (Å²) in [5.74, 6) is 0.886. The minimum absolute atomic E-state index is 0.0400. The van der Waals surface area contributed by atoms with Gasteiger partial charge in [-0.15, -0.1) is 0 Å². The van der Waals surface area contributed by atoms with Gasteiger partial charge in [-0.05, 0) is 25.1 Å². The topological polar surface area (TPSA) is 99.5 Å². The molecule has 0 aliphatic carbocycles. The highest BCUT2D eigenvalue weighted by atomic mass is 35.5. The number of nitrogens with zero attached hydrogens (tertiary/aromatic N) is 2. The van der Waals surface area contributed by atoms with Crippen LogP contribution in [-0.2, 0) is 4.79 Å². The van der Waals surface area contributed by atoms with Crippen LogP contribution in [0.4, 0.5) is 22.0 Å². The average Bonchev–Trinajstić information content (AvgIpc) is 2.92. The van der Waals surface area contributed by atoms with Gasteiger partial charge in [-0.2, -0.15) is 0 Å². The predicted molar refractivity (Wildman–Crippen MR) is 90.6 cm³/mol. The molecule has 2 heterocycles. The van der Waals surface area contributed by atoms with Crippen LogP contribution in [0.1, 0.15) is 5.76 Å². The molecule has 1 aliphatic heterocycles. The van der Waals surface area contributed by atoms with E-state index in [4.69, 9.17) is 16.1 Å². The van der Waals surface area contributed by atoms with Gasteiger partial charge in [-0.25, -0.2) is 4.79 Å². The lowest BCUT2D eigenvalue weighted by molar-refractivity contribution is -0.120. The maximum absolute atomic E-state index is 11.9. The largest absolute Gasteiger partial charge is 0.360 e. The van der Waals surface area contributed by atoms with Gasteiger partial charge in [0.15, 0.2) is 5.82 Å². The zero-order valence-electron chi connectivity index (χ0n) is 12.9. The molecule has 0 atom stereocenters. The quantitative estimate of drug-likeness (QED) is 0.789. The second-order valence-corrected chi connectivity index (χ2v) is 5.75. The van der Waals surface area contributed by atoms with E-state index in [-0.39, 0.29) is 12.5 Å². The molecule has 126 valence electrons. The SMILES string of the molecule is Cc1cc(NC(=O)Nc2ccc(N3CCNC(=O)C3)c(Cl)c2)no1. The molecule has 0 bridgehead atoms. The molecule has 1 fully saturated rings. The summed E-state index contributed by atoms with van der Waals surface area (Å²) in [6.45, 7) is 3.26. The molecule has 3 N–H and O–H groups in total. The van der Waals surface area contributed by atoms with Crippen LogP contribution in [0.3, 0.4) is 0 Å². The Labute approximate surface area is 143 Å². The minimum atomic E-state index is -0.454. The monoisotopic (exact) mass is 349 g/mol. The summed E-state index contributed by atoms with van der Waals surface area (Å²) in [6.07, 6.45) is 0. The third-order valence-corrected chi connectivity index (χ3v) is 3.76. The summed E-state index contributed by atoms with van der Waals surface area (Å²) in [4.78, 5) is 25.3. The Balaban J connectivity index is 1.65. The first-order valence-corrected chi connectivity index (χ1v) is 7.71. The molecule has 1 saturated heterocycles. The van der Waals surface area contributed by atoms with E-state index in [1.165, 1.54) is 0 Å². The summed E-state index contributed by atoms with van der Waals surface area (Å²) in [7, 11) is 0. The van der Waals surface area contributed by atoms with Crippen molar-refractivity contribution in [2.75, 3.05) is 35.2 Å². The second kappa shape index (κ2) is 6.79. The first-order valence-electron chi connectivity index (χ1n) is 7.34. The molecule has 0 radical (unpaired) electrons. The van der Waals surface area contributed by atoms with E-state index in [0.29, 0.717) is 35.4 Å². The number of hydrogen-bond acceptors (Lipinski definition) is 5. The van der Waals surface area contributed by atoms with Crippen molar-refractivity contribution in [1.29, 1.82) is 0 Å². The van der Waals surface area contributed by atoms with E-state index in [1.54, 1.807) is 31.2 Å². The number of carbonyl (C=O) groups is 2. The van der Waals surface area contributed by atoms with Crippen LogP contribution in [0, 0.1) is 6.92 Å². The van der Waals surface area contributed by atoms with E-state index in [0.717, 1.165) is 5.69 Å². The minimum Gasteiger partial charge on any atom is -0.360 e. The van der Waals surface area contributed by atoms with Crippen LogP contribution < -0.4 is 20.9 Å². The lowest BCUT2D eigenvalue weighted by atomic mass is 10.2. The maximum atomic E-state index is 11.9. The summed E-state index contributed by atoms with van der Waals surface area (Å²) < 4.78 is 4.87. The van der Waals surface area contributed by atoms with E-state index in [9.17, 15) is 9.59 Å². The van der Waals surface area contributed by atoms with E-state index in [2.05, 4.69) is 21.1 Å². The van der Waals surface area contributed by atoms with Crippen LogP contribution in [0.5, 0.6) is 0 Å². The van der Waals surface area contributed by atoms with E-state index in [1.807, 2.05) is 4.90 Å². The molecule has 1 aromatic carbocycles. The Bertz CT molecular complexity index is 776. The molecular formula is C15H16ClN5O3. The Kier molecular flexibility index (Phi) is 4.57. The number of carbonyl (C=O) groups excluding carboxylic acids is 2. The predicted octanol–water partition coefficient (Wildman–Crippen LogP) is 2.22. The molecule has 3 amide bonds. The highest BCUT2D eigenvalue weighted by Crippen LogP contribution is 2.29. The number of anilines is 3. The first-order chi connectivity index (χ1) is 11.5. The molecule has 1 aromatic heterocycles. The number of benzene rings is 1. The Hall–Kier alpha value is -2.74. The lowest BCUT2D eigenvalue weighted by Gasteiger charge is -2.29. The number of amides is 3. The Morgan fingerprint density at radius 3 is 2.88 bits per heavy atom. The molecule has 0 saturated carbocycles. The summed E-state index contributed by atoms with van der Waals surface area (Å²) in [5.41, 5.74) is 1.28. The molecule has 9 heteroatoms. The van der Waals surface area contributed by atoms with Gasteiger partial charge >= 0.3 is 6.03 Å². The fourth-order valence-electron chi connectivity index (χ4n) is 2.39. The van der Waals surface area contributed by atoms with Crippen molar-refractivity contribution in [3.8, 4) is 0 Å². The highest BCUT2D eigenvalue weighted by molar-refractivity contribution is 6.33. The molecule has 2 aromatic rings. The number of hydrogen-bond donors (Lipinski definition) is 3. The molecule has 8 nitrogen and oxygen atoms in total. The van der Waals surface area contributed by atoms with Crippen molar-refractivity contribution >= 4 is 40.7 Å². The van der Waals surface area contributed by atoms with Crippen LogP contribution in [-0.4, -0.2) is 36.7 Å². The van der Waals surface area contributed by atoms with Gasteiger partial charge in [0.2, 0.25) is 5.91 Å². The third kappa shape index (κ3) is 3.77. The number of urea groups is 1. The molecular weight excluding hydrogens is 334 g/mol. The third-order valence-electron chi connectivity index (χ3n) is 3.45. The molecule has 0 unspecified atom stereocenters. The van der Waals surface area contributed by atoms with Gasteiger partial charge in [0.1, 0.15) is 5.76 Å². The van der Waals surface area contributed by atoms with Crippen molar-refractivity contribution in [3.63, 3.8) is 0 Å². The number of aromatic nitrogens is 1. The molecule has 24 heavy (non-hydrogen) atoms. The van der Waals surface area contributed by atoms with Crippen molar-refractivity contribution in [2.24, 2.45) is 0 Å². The molecule has 0 spiro atoms. The number of halogens is 1. The van der Waals surface area contributed by atoms with Crippen LogP contribution >= 0.6 is 11.6 Å². The molecule has 1 aliphatic rings. The van der Waals surface area contributed by atoms with Crippen LogP contribution in [0.2, 0.25) is 5.02 Å². The van der Waals surface area contributed by atoms with Gasteiger partial charge in [0.05, 0.1) is 17.3 Å². The van der Waals surface area contributed by atoms with Gasteiger partial charge in [-0.1, -0.05) is 16.8 Å². The lowest BCUT2D eigenvalue weighted by Crippen LogP contribution is -2.47. The van der Waals surface area contributed by atoms with Crippen molar-refractivity contribution in [3.05, 3.63) is 35.0 Å². The zero-order chi connectivity index (χ0) is 17.1. The van der Waals surface area contributed by atoms with E-state index < -0.39 is 6.03 Å².